The fourth-order valence-corrected chi connectivity index (χ4v) is 2.07. The molecular weight excluding hydrogens is 224 g/mol. The Balaban J connectivity index is 2.31. The Labute approximate surface area is 96.9 Å². The third-order valence-electron chi connectivity index (χ3n) is 2.21. The molecule has 6 heteroatoms. The van der Waals surface area contributed by atoms with Crippen molar-refractivity contribution in [2.75, 3.05) is 0 Å². The van der Waals surface area contributed by atoms with Crippen molar-refractivity contribution in [3.05, 3.63) is 34.0 Å². The fourth-order valence-electron chi connectivity index (χ4n) is 1.42. The molecule has 0 aliphatic heterocycles. The van der Waals surface area contributed by atoms with Crippen LogP contribution in [0.3, 0.4) is 0 Å². The van der Waals surface area contributed by atoms with Crippen molar-refractivity contribution >= 4 is 17.1 Å². The van der Waals surface area contributed by atoms with Gasteiger partial charge in [-0.3, -0.25) is 9.48 Å². The minimum Gasteiger partial charge on any atom is -0.325 e. The van der Waals surface area contributed by atoms with Crippen LogP contribution in [0.2, 0.25) is 0 Å². The monoisotopic (exact) mass is 236 g/mol. The Morgan fingerprint density at radius 2 is 2.44 bits per heavy atom. The van der Waals surface area contributed by atoms with Gasteiger partial charge < -0.3 is 5.73 Å². The van der Waals surface area contributed by atoms with E-state index in [1.807, 2.05) is 6.92 Å². The highest BCUT2D eigenvalue weighted by molar-refractivity contribution is 7.09. The summed E-state index contributed by atoms with van der Waals surface area (Å²) >= 11 is 1.40. The number of aromatic nitrogens is 3. The van der Waals surface area contributed by atoms with E-state index in [9.17, 15) is 4.79 Å². The predicted octanol–water partition coefficient (Wildman–Crippen LogP) is 1.05. The van der Waals surface area contributed by atoms with Gasteiger partial charge in [-0.1, -0.05) is 0 Å². The van der Waals surface area contributed by atoms with E-state index in [1.54, 1.807) is 22.3 Å². The van der Waals surface area contributed by atoms with Crippen LogP contribution in [0.15, 0.2) is 17.6 Å². The number of carbonyl (C=O) groups is 1. The van der Waals surface area contributed by atoms with Gasteiger partial charge in [0.1, 0.15) is 16.4 Å². The van der Waals surface area contributed by atoms with Crippen LogP contribution >= 0.6 is 11.3 Å². The minimum absolute atomic E-state index is 0.102. The number of nitrogens with zero attached hydrogens (tertiary/aromatic N) is 3. The number of ketones is 1. The normalized spacial score (nSPS) is 10.6. The van der Waals surface area contributed by atoms with Crippen LogP contribution in [-0.4, -0.2) is 20.5 Å². The van der Waals surface area contributed by atoms with Gasteiger partial charge in [-0.25, -0.2) is 4.98 Å². The van der Waals surface area contributed by atoms with Crippen LogP contribution in [0.25, 0.3) is 0 Å². The first kappa shape index (κ1) is 11.0. The summed E-state index contributed by atoms with van der Waals surface area (Å²) in [5.74, 6) is -0.102. The molecule has 2 aromatic heterocycles. The van der Waals surface area contributed by atoms with Gasteiger partial charge in [-0.2, -0.15) is 5.10 Å². The van der Waals surface area contributed by atoms with E-state index in [0.717, 1.165) is 5.01 Å². The van der Waals surface area contributed by atoms with Crippen LogP contribution in [0.5, 0.6) is 0 Å². The standard InChI is InChI=1S/C10H12N4OS/c1-2-14-8(3-4-12-14)10(15)7-6-16-9(5-11)13-7/h3-4,6H,2,5,11H2,1H3. The van der Waals surface area contributed by atoms with Gasteiger partial charge in [-0.05, 0) is 13.0 Å². The molecular formula is C10H12N4OS. The molecule has 0 atom stereocenters. The lowest BCUT2D eigenvalue weighted by Gasteiger charge is -2.00. The molecule has 0 unspecified atom stereocenters. The van der Waals surface area contributed by atoms with Crippen LogP contribution in [-0.2, 0) is 13.1 Å². The van der Waals surface area contributed by atoms with Crippen LogP contribution in [0.4, 0.5) is 0 Å². The summed E-state index contributed by atoms with van der Waals surface area (Å²) in [4.78, 5) is 16.2. The zero-order chi connectivity index (χ0) is 11.5. The quantitative estimate of drug-likeness (QED) is 0.805. The Hall–Kier alpha value is -1.53. The summed E-state index contributed by atoms with van der Waals surface area (Å²) in [6.45, 7) is 2.98. The zero-order valence-corrected chi connectivity index (χ0v) is 9.70. The predicted molar refractivity (Wildman–Crippen MR) is 61.3 cm³/mol. The highest BCUT2D eigenvalue weighted by atomic mass is 32.1. The molecule has 2 rings (SSSR count). The fraction of sp³-hybridized carbons (Fsp3) is 0.300. The molecule has 5 nitrogen and oxygen atoms in total. The average Bonchev–Trinajstić information content (AvgIpc) is 2.96. The first-order valence-corrected chi connectivity index (χ1v) is 5.85. The summed E-state index contributed by atoms with van der Waals surface area (Å²) in [5.41, 5.74) is 6.47. The molecule has 0 aliphatic rings. The SMILES string of the molecule is CCn1nccc1C(=O)c1csc(CN)n1. The van der Waals surface area contributed by atoms with Crippen molar-refractivity contribution in [2.24, 2.45) is 5.73 Å². The topological polar surface area (TPSA) is 73.8 Å². The second kappa shape index (κ2) is 4.54. The first-order chi connectivity index (χ1) is 7.76. The van der Waals surface area contributed by atoms with Gasteiger partial charge in [0.05, 0.1) is 0 Å². The Morgan fingerprint density at radius 3 is 3.06 bits per heavy atom. The van der Waals surface area contributed by atoms with Gasteiger partial charge in [0.2, 0.25) is 5.78 Å². The van der Waals surface area contributed by atoms with Crippen molar-refractivity contribution in [3.8, 4) is 0 Å². The Bertz CT molecular complexity index is 502. The van der Waals surface area contributed by atoms with Crippen LogP contribution in [0.1, 0.15) is 28.1 Å². The lowest BCUT2D eigenvalue weighted by atomic mass is 10.2. The number of carbonyl (C=O) groups excluding carboxylic acids is 1. The van der Waals surface area contributed by atoms with E-state index in [0.29, 0.717) is 24.5 Å². The largest absolute Gasteiger partial charge is 0.325 e. The van der Waals surface area contributed by atoms with Crippen molar-refractivity contribution in [3.63, 3.8) is 0 Å². The van der Waals surface area contributed by atoms with Gasteiger partial charge in [0.25, 0.3) is 0 Å². The summed E-state index contributed by atoms with van der Waals surface area (Å²) in [6.07, 6.45) is 1.62. The molecule has 0 spiro atoms. The van der Waals surface area contributed by atoms with Gasteiger partial charge in [0.15, 0.2) is 0 Å². The second-order valence-electron chi connectivity index (χ2n) is 3.19. The van der Waals surface area contributed by atoms with E-state index >= 15 is 0 Å². The molecule has 2 N–H and O–H groups in total. The van der Waals surface area contributed by atoms with Crippen molar-refractivity contribution in [1.29, 1.82) is 0 Å². The molecule has 0 bridgehead atoms. The zero-order valence-electron chi connectivity index (χ0n) is 8.88. The maximum atomic E-state index is 12.1. The number of thiazole rings is 1. The highest BCUT2D eigenvalue weighted by Crippen LogP contribution is 2.13. The van der Waals surface area contributed by atoms with Crippen LogP contribution in [0, 0.1) is 0 Å². The summed E-state index contributed by atoms with van der Waals surface area (Å²) in [6, 6.07) is 1.70. The summed E-state index contributed by atoms with van der Waals surface area (Å²) in [5, 5.41) is 6.56. The Kier molecular flexibility index (Phi) is 3.12. The Morgan fingerprint density at radius 1 is 1.62 bits per heavy atom. The number of rotatable bonds is 4. The van der Waals surface area contributed by atoms with Gasteiger partial charge in [-0.15, -0.1) is 11.3 Å². The minimum atomic E-state index is -0.102. The van der Waals surface area contributed by atoms with Crippen molar-refractivity contribution < 1.29 is 4.79 Å². The maximum Gasteiger partial charge on any atom is 0.230 e. The number of hydrogen-bond donors (Lipinski definition) is 1. The first-order valence-electron chi connectivity index (χ1n) is 4.97. The smallest absolute Gasteiger partial charge is 0.230 e. The molecule has 0 saturated carbocycles. The van der Waals surface area contributed by atoms with E-state index < -0.39 is 0 Å². The third kappa shape index (κ3) is 1.89. The molecule has 2 aromatic rings. The molecule has 0 aromatic carbocycles. The molecule has 16 heavy (non-hydrogen) atoms. The van der Waals surface area contributed by atoms with E-state index in [-0.39, 0.29) is 5.78 Å². The summed E-state index contributed by atoms with van der Waals surface area (Å²) < 4.78 is 1.66. The lowest BCUT2D eigenvalue weighted by Crippen LogP contribution is -2.11. The van der Waals surface area contributed by atoms with Crippen molar-refractivity contribution in [2.45, 2.75) is 20.0 Å². The van der Waals surface area contributed by atoms with Crippen LogP contribution < -0.4 is 5.73 Å². The molecule has 2 heterocycles. The molecule has 0 aliphatic carbocycles. The van der Waals surface area contributed by atoms with E-state index in [4.69, 9.17) is 5.73 Å². The summed E-state index contributed by atoms with van der Waals surface area (Å²) in [7, 11) is 0. The molecule has 0 radical (unpaired) electrons. The molecule has 84 valence electrons. The third-order valence-corrected chi connectivity index (χ3v) is 3.08. The van der Waals surface area contributed by atoms with Gasteiger partial charge in [0, 0.05) is 24.7 Å². The second-order valence-corrected chi connectivity index (χ2v) is 4.13. The lowest BCUT2D eigenvalue weighted by molar-refractivity contribution is 0.102. The van der Waals surface area contributed by atoms with Gasteiger partial charge >= 0.3 is 0 Å². The molecule has 0 fully saturated rings. The average molecular weight is 236 g/mol. The number of hydrogen-bond acceptors (Lipinski definition) is 5. The molecule has 0 saturated heterocycles. The van der Waals surface area contributed by atoms with E-state index in [1.165, 1.54) is 11.3 Å². The maximum absolute atomic E-state index is 12.1. The van der Waals surface area contributed by atoms with E-state index in [2.05, 4.69) is 10.1 Å². The highest BCUT2D eigenvalue weighted by Gasteiger charge is 2.16. The van der Waals surface area contributed by atoms with Crippen molar-refractivity contribution in [1.82, 2.24) is 14.8 Å². The number of nitrogens with two attached hydrogens (primary N) is 1. The number of aryl methyl sites for hydroxylation is 1. The molecule has 0 amide bonds.